The van der Waals surface area contributed by atoms with Gasteiger partial charge >= 0.3 is 5.97 Å². The van der Waals surface area contributed by atoms with E-state index in [0.29, 0.717) is 25.2 Å². The highest BCUT2D eigenvalue weighted by Gasteiger charge is 2.30. The Hall–Kier alpha value is -2.36. The van der Waals surface area contributed by atoms with Gasteiger partial charge in [0.25, 0.3) is 10.2 Å². The lowest BCUT2D eigenvalue weighted by Crippen LogP contribution is -2.45. The summed E-state index contributed by atoms with van der Waals surface area (Å²) in [5, 5.41) is 9.01. The summed E-state index contributed by atoms with van der Waals surface area (Å²) < 4.78 is 27.5. The standard InChI is InChI=1S/C19H24N4O4S/c1-22(2)28(26,27)23-9-3-4-14(13-23)10-17-11-20-12-18(21-17)15-5-7-16(8-6-15)19(24)25/h5-8,11-12,14H,3-4,9-10,13H2,1-2H3,(H,24,25)/t14-/m0/s1. The van der Waals surface area contributed by atoms with Crippen LogP contribution in [0.2, 0.25) is 0 Å². The Morgan fingerprint density at radius 2 is 1.96 bits per heavy atom. The van der Waals surface area contributed by atoms with E-state index in [-0.39, 0.29) is 11.5 Å². The van der Waals surface area contributed by atoms with Gasteiger partial charge in [0.05, 0.1) is 23.1 Å². The quantitative estimate of drug-likeness (QED) is 0.789. The molecule has 2 heterocycles. The number of piperidine rings is 1. The van der Waals surface area contributed by atoms with Crippen molar-refractivity contribution in [2.24, 2.45) is 5.92 Å². The van der Waals surface area contributed by atoms with Crippen molar-refractivity contribution >= 4 is 16.2 Å². The van der Waals surface area contributed by atoms with E-state index in [1.54, 1.807) is 38.6 Å². The molecule has 3 rings (SSSR count). The molecule has 150 valence electrons. The van der Waals surface area contributed by atoms with Crippen molar-refractivity contribution in [1.82, 2.24) is 18.6 Å². The zero-order valence-corrected chi connectivity index (χ0v) is 16.8. The van der Waals surface area contributed by atoms with E-state index in [4.69, 9.17) is 5.11 Å². The molecule has 1 aliphatic rings. The fourth-order valence-electron chi connectivity index (χ4n) is 3.36. The van der Waals surface area contributed by atoms with Crippen LogP contribution in [0.25, 0.3) is 11.3 Å². The molecule has 0 unspecified atom stereocenters. The molecule has 8 nitrogen and oxygen atoms in total. The first kappa shape index (κ1) is 20.4. The van der Waals surface area contributed by atoms with Crippen LogP contribution < -0.4 is 0 Å². The Morgan fingerprint density at radius 3 is 2.61 bits per heavy atom. The predicted molar refractivity (Wildman–Crippen MR) is 105 cm³/mol. The first-order valence-electron chi connectivity index (χ1n) is 9.09. The molecule has 1 aromatic heterocycles. The van der Waals surface area contributed by atoms with Crippen LogP contribution in [0.1, 0.15) is 28.9 Å². The SMILES string of the molecule is CN(C)S(=O)(=O)N1CCC[C@@H](Cc2cncc(-c3ccc(C(=O)O)cc3)n2)C1. The normalized spacial score (nSPS) is 18.3. The third kappa shape index (κ3) is 4.54. The van der Waals surface area contributed by atoms with E-state index in [2.05, 4.69) is 9.97 Å². The number of carbonyl (C=O) groups is 1. The fourth-order valence-corrected chi connectivity index (χ4v) is 4.58. The van der Waals surface area contributed by atoms with Crippen LogP contribution >= 0.6 is 0 Å². The number of carboxylic acids is 1. The zero-order valence-electron chi connectivity index (χ0n) is 15.9. The smallest absolute Gasteiger partial charge is 0.335 e. The maximum Gasteiger partial charge on any atom is 0.335 e. The molecule has 0 spiro atoms. The largest absolute Gasteiger partial charge is 0.478 e. The molecule has 0 bridgehead atoms. The summed E-state index contributed by atoms with van der Waals surface area (Å²) >= 11 is 0. The molecule has 1 aromatic carbocycles. The molecule has 28 heavy (non-hydrogen) atoms. The van der Waals surface area contributed by atoms with Gasteiger partial charge in [-0.2, -0.15) is 17.0 Å². The van der Waals surface area contributed by atoms with Gasteiger partial charge < -0.3 is 5.11 Å². The Bertz CT molecular complexity index is 945. The molecular weight excluding hydrogens is 380 g/mol. The van der Waals surface area contributed by atoms with Crippen molar-refractivity contribution < 1.29 is 18.3 Å². The molecule has 9 heteroatoms. The lowest BCUT2D eigenvalue weighted by atomic mass is 9.95. The highest BCUT2D eigenvalue weighted by Crippen LogP contribution is 2.24. The summed E-state index contributed by atoms with van der Waals surface area (Å²) in [6, 6.07) is 6.50. The number of nitrogens with zero attached hydrogens (tertiary/aromatic N) is 4. The van der Waals surface area contributed by atoms with Gasteiger partial charge in [-0.3, -0.25) is 4.98 Å². The number of hydrogen-bond donors (Lipinski definition) is 1. The number of aromatic nitrogens is 2. The van der Waals surface area contributed by atoms with E-state index < -0.39 is 16.2 Å². The van der Waals surface area contributed by atoms with Crippen LogP contribution in [0.3, 0.4) is 0 Å². The van der Waals surface area contributed by atoms with Gasteiger partial charge in [0.2, 0.25) is 0 Å². The van der Waals surface area contributed by atoms with Crippen LogP contribution in [-0.4, -0.2) is 65.3 Å². The minimum absolute atomic E-state index is 0.183. The van der Waals surface area contributed by atoms with Crippen molar-refractivity contribution in [2.45, 2.75) is 19.3 Å². The molecule has 0 saturated carbocycles. The highest BCUT2D eigenvalue weighted by atomic mass is 32.2. The van der Waals surface area contributed by atoms with E-state index in [1.807, 2.05) is 0 Å². The van der Waals surface area contributed by atoms with Gasteiger partial charge in [0, 0.05) is 38.9 Å². The van der Waals surface area contributed by atoms with Crippen LogP contribution in [0.4, 0.5) is 0 Å². The first-order valence-corrected chi connectivity index (χ1v) is 10.5. The van der Waals surface area contributed by atoms with Gasteiger partial charge in [0.15, 0.2) is 0 Å². The summed E-state index contributed by atoms with van der Waals surface area (Å²) in [7, 11) is -0.314. The van der Waals surface area contributed by atoms with Gasteiger partial charge in [-0.25, -0.2) is 9.78 Å². The number of aromatic carboxylic acids is 1. The maximum absolute atomic E-state index is 12.4. The predicted octanol–water partition coefficient (Wildman–Crippen LogP) is 1.90. The van der Waals surface area contributed by atoms with Crippen LogP contribution in [0.15, 0.2) is 36.7 Å². The Balaban J connectivity index is 1.73. The van der Waals surface area contributed by atoms with E-state index in [9.17, 15) is 13.2 Å². The summed E-state index contributed by atoms with van der Waals surface area (Å²) in [4.78, 5) is 19.9. The number of benzene rings is 1. The third-order valence-corrected chi connectivity index (χ3v) is 6.79. The van der Waals surface area contributed by atoms with Gasteiger partial charge in [-0.1, -0.05) is 12.1 Å². The molecule has 0 amide bonds. The van der Waals surface area contributed by atoms with E-state index >= 15 is 0 Å². The fraction of sp³-hybridized carbons (Fsp3) is 0.421. The minimum atomic E-state index is -3.40. The summed E-state index contributed by atoms with van der Waals surface area (Å²) in [6.07, 6.45) is 5.76. The average molecular weight is 404 g/mol. The van der Waals surface area contributed by atoms with Gasteiger partial charge in [0.1, 0.15) is 0 Å². The average Bonchev–Trinajstić information content (AvgIpc) is 2.68. The Morgan fingerprint density at radius 1 is 1.25 bits per heavy atom. The molecular formula is C19H24N4O4S. The Kier molecular flexibility index (Phi) is 6.07. The lowest BCUT2D eigenvalue weighted by molar-refractivity contribution is 0.0697. The topological polar surface area (TPSA) is 104 Å². The lowest BCUT2D eigenvalue weighted by Gasteiger charge is -2.33. The molecule has 0 aliphatic carbocycles. The summed E-state index contributed by atoms with van der Waals surface area (Å²) in [5.74, 6) is -0.789. The van der Waals surface area contributed by atoms with Gasteiger partial charge in [-0.15, -0.1) is 0 Å². The first-order chi connectivity index (χ1) is 13.3. The van der Waals surface area contributed by atoms with Crippen molar-refractivity contribution in [2.75, 3.05) is 27.2 Å². The second-order valence-electron chi connectivity index (χ2n) is 7.14. The van der Waals surface area contributed by atoms with Crippen LogP contribution in [-0.2, 0) is 16.6 Å². The number of hydrogen-bond acceptors (Lipinski definition) is 5. The molecule has 1 N–H and O–H groups in total. The highest BCUT2D eigenvalue weighted by molar-refractivity contribution is 7.86. The van der Waals surface area contributed by atoms with Crippen molar-refractivity contribution in [1.29, 1.82) is 0 Å². The van der Waals surface area contributed by atoms with Crippen molar-refractivity contribution in [3.63, 3.8) is 0 Å². The molecule has 1 fully saturated rings. The van der Waals surface area contributed by atoms with Crippen molar-refractivity contribution in [3.8, 4) is 11.3 Å². The van der Waals surface area contributed by atoms with Crippen LogP contribution in [0.5, 0.6) is 0 Å². The number of rotatable bonds is 6. The van der Waals surface area contributed by atoms with E-state index in [1.165, 1.54) is 20.7 Å². The second kappa shape index (κ2) is 8.34. The molecule has 2 aromatic rings. The minimum Gasteiger partial charge on any atom is -0.478 e. The molecule has 1 saturated heterocycles. The van der Waals surface area contributed by atoms with Crippen LogP contribution in [0, 0.1) is 5.92 Å². The summed E-state index contributed by atoms with van der Waals surface area (Å²) in [6.45, 7) is 1.01. The molecule has 0 radical (unpaired) electrons. The monoisotopic (exact) mass is 404 g/mol. The third-order valence-electron chi connectivity index (χ3n) is 4.88. The number of carboxylic acid groups (broad SMARTS) is 1. The second-order valence-corrected chi connectivity index (χ2v) is 9.28. The molecule has 1 aliphatic heterocycles. The maximum atomic E-state index is 12.4. The Labute approximate surface area is 165 Å². The van der Waals surface area contributed by atoms with E-state index in [0.717, 1.165) is 24.1 Å². The van der Waals surface area contributed by atoms with Crippen molar-refractivity contribution in [3.05, 3.63) is 47.9 Å². The van der Waals surface area contributed by atoms with Gasteiger partial charge in [-0.05, 0) is 37.3 Å². The zero-order chi connectivity index (χ0) is 20.3. The molecule has 1 atom stereocenters. The summed E-state index contributed by atoms with van der Waals surface area (Å²) in [5.41, 5.74) is 2.48.